The minimum Gasteiger partial charge on any atom is -0.342 e. The van der Waals surface area contributed by atoms with Gasteiger partial charge in [-0.3, -0.25) is 9.59 Å². The van der Waals surface area contributed by atoms with Crippen LogP contribution in [-0.4, -0.2) is 48.3 Å². The van der Waals surface area contributed by atoms with E-state index in [1.165, 1.54) is 9.80 Å². The van der Waals surface area contributed by atoms with Crippen molar-refractivity contribution < 1.29 is 18.4 Å². The number of rotatable bonds is 2. The van der Waals surface area contributed by atoms with E-state index in [1.807, 2.05) is 0 Å². The van der Waals surface area contributed by atoms with Gasteiger partial charge in [-0.25, -0.2) is 8.78 Å². The minimum absolute atomic E-state index is 0.269. The van der Waals surface area contributed by atoms with Crippen molar-refractivity contribution in [3.8, 4) is 0 Å². The fourth-order valence-electron chi connectivity index (χ4n) is 1.86. The van der Waals surface area contributed by atoms with Crippen LogP contribution in [0.1, 0.15) is 10.4 Å². The summed E-state index contributed by atoms with van der Waals surface area (Å²) in [6.07, 6.45) is 0.713. The summed E-state index contributed by atoms with van der Waals surface area (Å²) in [7, 11) is 0. The Morgan fingerprint density at radius 2 is 1.83 bits per heavy atom. The van der Waals surface area contributed by atoms with Gasteiger partial charge < -0.3 is 9.80 Å². The van der Waals surface area contributed by atoms with Gasteiger partial charge in [-0.1, -0.05) is 0 Å². The van der Waals surface area contributed by atoms with Crippen LogP contribution in [0.2, 0.25) is 0 Å². The Hall–Kier alpha value is -1.98. The van der Waals surface area contributed by atoms with Crippen molar-refractivity contribution in [2.45, 2.75) is 0 Å². The Labute approximate surface area is 103 Å². The highest BCUT2D eigenvalue weighted by Crippen LogP contribution is 2.13. The number of halogens is 2. The minimum atomic E-state index is -0.737. The number of nitrogens with zero attached hydrogens (tertiary/aromatic N) is 2. The van der Waals surface area contributed by atoms with Crippen LogP contribution in [-0.2, 0) is 4.79 Å². The number of carbonyl (C=O) groups excluding carboxylic acids is 2. The van der Waals surface area contributed by atoms with Crippen molar-refractivity contribution in [3.05, 3.63) is 35.4 Å². The molecule has 0 aromatic heterocycles. The van der Waals surface area contributed by atoms with Gasteiger partial charge in [0.15, 0.2) is 0 Å². The summed E-state index contributed by atoms with van der Waals surface area (Å²) in [6, 6.07) is 2.80. The third kappa shape index (κ3) is 2.47. The van der Waals surface area contributed by atoms with E-state index < -0.39 is 17.5 Å². The van der Waals surface area contributed by atoms with Gasteiger partial charge in [-0.2, -0.15) is 0 Å². The van der Waals surface area contributed by atoms with E-state index in [0.717, 1.165) is 18.2 Å². The number of hydrogen-bond acceptors (Lipinski definition) is 2. The van der Waals surface area contributed by atoms with Gasteiger partial charge in [0, 0.05) is 26.2 Å². The predicted molar refractivity (Wildman–Crippen MR) is 59.9 cm³/mol. The summed E-state index contributed by atoms with van der Waals surface area (Å²) in [4.78, 5) is 25.4. The molecule has 0 saturated carbocycles. The molecule has 6 heteroatoms. The Morgan fingerprint density at radius 3 is 2.44 bits per heavy atom. The normalized spacial score (nSPS) is 15.7. The molecule has 18 heavy (non-hydrogen) atoms. The standard InChI is InChI=1S/C12H12F2N2O2/c13-9-1-2-11(14)10(7-9)12(18)16-5-3-15(8-17)4-6-16/h1-2,7-8H,3-6H2. The molecule has 1 fully saturated rings. The molecule has 1 aromatic rings. The van der Waals surface area contributed by atoms with E-state index in [9.17, 15) is 18.4 Å². The van der Waals surface area contributed by atoms with Crippen molar-refractivity contribution in [3.63, 3.8) is 0 Å². The van der Waals surface area contributed by atoms with Crippen LogP contribution in [0.4, 0.5) is 8.78 Å². The lowest BCUT2D eigenvalue weighted by Crippen LogP contribution is -2.48. The molecule has 1 aliphatic heterocycles. The topological polar surface area (TPSA) is 40.6 Å². The molecule has 2 rings (SSSR count). The van der Waals surface area contributed by atoms with Crippen molar-refractivity contribution in [2.24, 2.45) is 0 Å². The first-order chi connectivity index (χ1) is 8.61. The zero-order valence-electron chi connectivity index (χ0n) is 9.60. The van der Waals surface area contributed by atoms with E-state index >= 15 is 0 Å². The summed E-state index contributed by atoms with van der Waals surface area (Å²) in [5.74, 6) is -1.93. The maximum Gasteiger partial charge on any atom is 0.257 e. The van der Waals surface area contributed by atoms with Crippen LogP contribution in [0, 0.1) is 11.6 Å². The number of amides is 2. The molecule has 4 nitrogen and oxygen atoms in total. The van der Waals surface area contributed by atoms with Crippen LogP contribution in [0.5, 0.6) is 0 Å². The quantitative estimate of drug-likeness (QED) is 0.735. The molecule has 1 aromatic carbocycles. The van der Waals surface area contributed by atoms with Crippen LogP contribution >= 0.6 is 0 Å². The summed E-state index contributed by atoms with van der Waals surface area (Å²) in [6.45, 7) is 1.47. The van der Waals surface area contributed by atoms with Crippen molar-refractivity contribution in [1.82, 2.24) is 9.80 Å². The third-order valence-corrected chi connectivity index (χ3v) is 2.91. The second kappa shape index (κ2) is 5.12. The van der Waals surface area contributed by atoms with Crippen LogP contribution in [0.3, 0.4) is 0 Å². The summed E-state index contributed by atoms with van der Waals surface area (Å²) >= 11 is 0. The Bertz CT molecular complexity index is 471. The average molecular weight is 254 g/mol. The first kappa shape index (κ1) is 12.5. The Kier molecular flexibility index (Phi) is 3.55. The van der Waals surface area contributed by atoms with Gasteiger partial charge in [0.25, 0.3) is 5.91 Å². The van der Waals surface area contributed by atoms with E-state index in [2.05, 4.69) is 0 Å². The average Bonchev–Trinajstić information content (AvgIpc) is 2.41. The van der Waals surface area contributed by atoms with Gasteiger partial charge in [0.05, 0.1) is 5.56 Å². The molecule has 0 bridgehead atoms. The second-order valence-electron chi connectivity index (χ2n) is 4.06. The first-order valence-corrected chi connectivity index (χ1v) is 5.55. The van der Waals surface area contributed by atoms with Gasteiger partial charge in [0.1, 0.15) is 11.6 Å². The molecule has 2 amide bonds. The molecule has 1 aliphatic rings. The summed E-state index contributed by atoms with van der Waals surface area (Å²) in [5, 5.41) is 0. The predicted octanol–water partition coefficient (Wildman–Crippen LogP) is 0.879. The Morgan fingerprint density at radius 1 is 1.17 bits per heavy atom. The smallest absolute Gasteiger partial charge is 0.257 e. The van der Waals surface area contributed by atoms with Gasteiger partial charge in [-0.05, 0) is 18.2 Å². The lowest BCUT2D eigenvalue weighted by atomic mass is 10.1. The fourth-order valence-corrected chi connectivity index (χ4v) is 1.86. The van der Waals surface area contributed by atoms with Crippen LogP contribution in [0.15, 0.2) is 18.2 Å². The molecule has 0 radical (unpaired) electrons. The molecule has 1 heterocycles. The molecule has 0 aliphatic carbocycles. The molecule has 1 saturated heterocycles. The molecule has 0 spiro atoms. The van der Waals surface area contributed by atoms with E-state index in [4.69, 9.17) is 0 Å². The zero-order chi connectivity index (χ0) is 13.1. The van der Waals surface area contributed by atoms with Crippen molar-refractivity contribution in [1.29, 1.82) is 0 Å². The van der Waals surface area contributed by atoms with E-state index in [0.29, 0.717) is 32.6 Å². The molecule has 96 valence electrons. The van der Waals surface area contributed by atoms with Crippen LogP contribution < -0.4 is 0 Å². The maximum absolute atomic E-state index is 13.4. The van der Waals surface area contributed by atoms with E-state index in [1.54, 1.807) is 0 Å². The van der Waals surface area contributed by atoms with E-state index in [-0.39, 0.29) is 5.56 Å². The van der Waals surface area contributed by atoms with Crippen LogP contribution in [0.25, 0.3) is 0 Å². The van der Waals surface area contributed by atoms with Crippen molar-refractivity contribution >= 4 is 12.3 Å². The lowest BCUT2D eigenvalue weighted by Gasteiger charge is -2.32. The number of benzene rings is 1. The summed E-state index contributed by atoms with van der Waals surface area (Å²) < 4.78 is 26.4. The third-order valence-electron chi connectivity index (χ3n) is 2.91. The molecule has 0 atom stereocenters. The maximum atomic E-state index is 13.4. The van der Waals surface area contributed by atoms with Gasteiger partial charge in [-0.15, -0.1) is 0 Å². The highest BCUT2D eigenvalue weighted by molar-refractivity contribution is 5.94. The molecular weight excluding hydrogens is 242 g/mol. The zero-order valence-corrected chi connectivity index (χ0v) is 9.60. The van der Waals surface area contributed by atoms with Crippen molar-refractivity contribution in [2.75, 3.05) is 26.2 Å². The highest BCUT2D eigenvalue weighted by atomic mass is 19.1. The second-order valence-corrected chi connectivity index (χ2v) is 4.06. The number of hydrogen-bond donors (Lipinski definition) is 0. The van der Waals surface area contributed by atoms with Gasteiger partial charge >= 0.3 is 0 Å². The monoisotopic (exact) mass is 254 g/mol. The number of piperazine rings is 1. The lowest BCUT2D eigenvalue weighted by molar-refractivity contribution is -0.119. The highest BCUT2D eigenvalue weighted by Gasteiger charge is 2.23. The molecular formula is C12H12F2N2O2. The summed E-state index contributed by atoms with van der Waals surface area (Å²) in [5.41, 5.74) is -0.269. The van der Waals surface area contributed by atoms with Gasteiger partial charge in [0.2, 0.25) is 6.41 Å². The molecule has 0 unspecified atom stereocenters. The SMILES string of the molecule is O=CN1CCN(C(=O)c2cc(F)ccc2F)CC1. The largest absolute Gasteiger partial charge is 0.342 e. The Balaban J connectivity index is 2.12. The first-order valence-electron chi connectivity index (χ1n) is 5.55. The number of carbonyl (C=O) groups is 2. The molecule has 0 N–H and O–H groups in total. The fraction of sp³-hybridized carbons (Fsp3) is 0.333.